The average Bonchev–Trinajstić information content (AvgIpc) is 3.11. The third kappa shape index (κ3) is 38.0. The third-order valence-electron chi connectivity index (χ3n) is 10.3. The summed E-state index contributed by atoms with van der Waals surface area (Å²) in [6, 6.07) is 0. The van der Waals surface area contributed by atoms with Gasteiger partial charge in [-0.2, -0.15) is 0 Å². The summed E-state index contributed by atoms with van der Waals surface area (Å²) in [4.78, 5) is 37.4. The van der Waals surface area contributed by atoms with Crippen LogP contribution in [0.1, 0.15) is 240 Å². The minimum Gasteiger partial charge on any atom is -0.462 e. The number of esters is 3. The van der Waals surface area contributed by atoms with Crippen LogP contribution in [0.3, 0.4) is 0 Å². The molecule has 0 amide bonds. The second kappa shape index (κ2) is 38.1. The van der Waals surface area contributed by atoms with Crippen LogP contribution < -0.4 is 0 Å². The normalized spacial score (nSPS) is 12.6. The molecule has 0 heterocycles. The minimum absolute atomic E-state index is 0.0671. The van der Waals surface area contributed by atoms with E-state index < -0.39 is 6.10 Å². The topological polar surface area (TPSA) is 78.9 Å². The van der Waals surface area contributed by atoms with E-state index in [1.165, 1.54) is 122 Å². The van der Waals surface area contributed by atoms with Gasteiger partial charge in [0.15, 0.2) is 6.10 Å². The largest absolute Gasteiger partial charge is 0.462 e. The van der Waals surface area contributed by atoms with E-state index in [0.29, 0.717) is 19.3 Å². The highest BCUT2D eigenvalue weighted by atomic mass is 16.6. The molecule has 0 bridgehead atoms. The molecule has 1 unspecified atom stereocenters. The first kappa shape index (κ1) is 49.4. The molecule has 0 aromatic carbocycles. The first-order chi connectivity index (χ1) is 24.8. The first-order valence-electron chi connectivity index (χ1n) is 22.3. The predicted octanol–water partition coefficient (Wildman–Crippen LogP) is 13.8. The summed E-state index contributed by atoms with van der Waals surface area (Å²) in [7, 11) is 0. The fourth-order valence-electron chi connectivity index (χ4n) is 6.54. The Balaban J connectivity index is 4.16. The lowest BCUT2D eigenvalue weighted by Crippen LogP contribution is -2.30. The lowest BCUT2D eigenvalue weighted by atomic mass is 10.00. The Labute approximate surface area is 317 Å². The highest BCUT2D eigenvalue weighted by Gasteiger charge is 2.19. The molecule has 0 aromatic rings. The first-order valence-corrected chi connectivity index (χ1v) is 22.3. The van der Waals surface area contributed by atoms with Crippen molar-refractivity contribution in [3.8, 4) is 0 Å². The molecule has 0 saturated carbocycles. The van der Waals surface area contributed by atoms with Crippen LogP contribution in [0.5, 0.6) is 0 Å². The maximum Gasteiger partial charge on any atom is 0.306 e. The van der Waals surface area contributed by atoms with Crippen molar-refractivity contribution in [1.29, 1.82) is 0 Å². The van der Waals surface area contributed by atoms with Crippen LogP contribution in [-0.4, -0.2) is 37.2 Å². The maximum absolute atomic E-state index is 12.7. The summed E-state index contributed by atoms with van der Waals surface area (Å²) < 4.78 is 16.6. The van der Waals surface area contributed by atoms with Gasteiger partial charge in [0.05, 0.1) is 0 Å². The van der Waals surface area contributed by atoms with Gasteiger partial charge >= 0.3 is 17.9 Å². The van der Waals surface area contributed by atoms with E-state index in [-0.39, 0.29) is 31.1 Å². The molecule has 0 aromatic heterocycles. The highest BCUT2D eigenvalue weighted by Crippen LogP contribution is 2.17. The zero-order chi connectivity index (χ0) is 37.6. The monoisotopic (exact) mass is 723 g/mol. The third-order valence-corrected chi connectivity index (χ3v) is 10.3. The van der Waals surface area contributed by atoms with Gasteiger partial charge in [-0.15, -0.1) is 0 Å². The summed E-state index contributed by atoms with van der Waals surface area (Å²) in [5.74, 6) is 0.787. The van der Waals surface area contributed by atoms with E-state index in [4.69, 9.17) is 14.2 Å². The molecule has 51 heavy (non-hydrogen) atoms. The van der Waals surface area contributed by atoms with Crippen LogP contribution in [0.15, 0.2) is 0 Å². The fraction of sp³-hybridized carbons (Fsp3) is 0.933. The number of carbonyl (C=O) groups is 3. The fourth-order valence-corrected chi connectivity index (χ4v) is 6.54. The van der Waals surface area contributed by atoms with Gasteiger partial charge in [-0.1, -0.05) is 202 Å². The lowest BCUT2D eigenvalue weighted by molar-refractivity contribution is -0.167. The molecule has 0 aliphatic carbocycles. The molecule has 0 saturated heterocycles. The van der Waals surface area contributed by atoms with Gasteiger partial charge in [-0.25, -0.2) is 0 Å². The van der Waals surface area contributed by atoms with Gasteiger partial charge in [0.2, 0.25) is 0 Å². The molecule has 6 heteroatoms. The van der Waals surface area contributed by atoms with Crippen LogP contribution >= 0.6 is 0 Å². The lowest BCUT2D eigenvalue weighted by Gasteiger charge is -2.18. The van der Waals surface area contributed by atoms with E-state index in [1.54, 1.807) is 0 Å². The number of hydrogen-bond acceptors (Lipinski definition) is 6. The number of rotatable bonds is 39. The Morgan fingerprint density at radius 2 is 0.745 bits per heavy atom. The van der Waals surface area contributed by atoms with Gasteiger partial charge in [-0.3, -0.25) is 14.4 Å². The zero-order valence-electron chi connectivity index (χ0n) is 34.7. The molecule has 302 valence electrons. The predicted molar refractivity (Wildman–Crippen MR) is 215 cm³/mol. The second-order valence-corrected chi connectivity index (χ2v) is 16.1. The number of carbonyl (C=O) groups excluding carboxylic acids is 3. The van der Waals surface area contributed by atoms with Crippen molar-refractivity contribution in [2.75, 3.05) is 13.2 Å². The van der Waals surface area contributed by atoms with Crippen LogP contribution in [0.2, 0.25) is 0 Å². The zero-order valence-corrected chi connectivity index (χ0v) is 34.7. The number of ether oxygens (including phenoxy) is 3. The van der Waals surface area contributed by atoms with Gasteiger partial charge in [-0.05, 0) is 31.1 Å². The summed E-state index contributed by atoms with van der Waals surface area (Å²) in [6.07, 6.45) is 35.5. The standard InChI is InChI=1S/C45H86O6/c1-6-8-9-23-30-35-43(46)49-38-42(39-50-44(47)36-31-26-22-21-25-29-34-41(5)7-2)51-45(48)37-32-27-20-18-16-14-12-10-11-13-15-17-19-24-28-33-40(3)4/h40-42H,6-39H2,1-5H3/t41?,42-/m0/s1. The molecule has 0 N–H and O–H groups in total. The Bertz CT molecular complexity index is 781. The molecular weight excluding hydrogens is 636 g/mol. The van der Waals surface area contributed by atoms with Gasteiger partial charge in [0.1, 0.15) is 13.2 Å². The molecule has 2 atom stereocenters. The van der Waals surface area contributed by atoms with Crippen molar-refractivity contribution in [1.82, 2.24) is 0 Å². The summed E-state index contributed by atoms with van der Waals surface area (Å²) in [5, 5.41) is 0. The maximum atomic E-state index is 12.7. The Hall–Kier alpha value is -1.59. The number of unbranched alkanes of at least 4 members (excludes halogenated alkanes) is 23. The van der Waals surface area contributed by atoms with Crippen molar-refractivity contribution in [2.24, 2.45) is 11.8 Å². The van der Waals surface area contributed by atoms with E-state index in [9.17, 15) is 14.4 Å². The van der Waals surface area contributed by atoms with E-state index >= 15 is 0 Å². The molecule has 0 rings (SSSR count). The molecular formula is C45H86O6. The smallest absolute Gasteiger partial charge is 0.306 e. The Kier molecular flexibility index (Phi) is 37.0. The average molecular weight is 723 g/mol. The van der Waals surface area contributed by atoms with Crippen LogP contribution in [0.25, 0.3) is 0 Å². The van der Waals surface area contributed by atoms with Crippen molar-refractivity contribution in [2.45, 2.75) is 246 Å². The molecule has 6 nitrogen and oxygen atoms in total. The van der Waals surface area contributed by atoms with Crippen LogP contribution in [0, 0.1) is 11.8 Å². The quantitative estimate of drug-likeness (QED) is 0.0357. The molecule has 0 spiro atoms. The highest BCUT2D eigenvalue weighted by molar-refractivity contribution is 5.71. The molecule has 0 radical (unpaired) electrons. The van der Waals surface area contributed by atoms with Crippen molar-refractivity contribution in [3.63, 3.8) is 0 Å². The van der Waals surface area contributed by atoms with Crippen LogP contribution in [-0.2, 0) is 28.6 Å². The summed E-state index contributed by atoms with van der Waals surface area (Å²) >= 11 is 0. The number of hydrogen-bond donors (Lipinski definition) is 0. The summed E-state index contributed by atoms with van der Waals surface area (Å²) in [5.41, 5.74) is 0. The Morgan fingerprint density at radius 3 is 1.12 bits per heavy atom. The van der Waals surface area contributed by atoms with Gasteiger partial charge in [0.25, 0.3) is 0 Å². The summed E-state index contributed by atoms with van der Waals surface area (Å²) in [6.45, 7) is 11.2. The van der Waals surface area contributed by atoms with E-state index in [1.807, 2.05) is 0 Å². The minimum atomic E-state index is -0.759. The molecule has 0 aliphatic heterocycles. The SMILES string of the molecule is CCCCCCCC(=O)OC[C@@H](COC(=O)CCCCCCCCC(C)CC)OC(=O)CCCCCCCCCCCCCCCCCC(C)C. The van der Waals surface area contributed by atoms with Crippen molar-refractivity contribution < 1.29 is 28.6 Å². The van der Waals surface area contributed by atoms with Crippen molar-refractivity contribution >= 4 is 17.9 Å². The van der Waals surface area contributed by atoms with E-state index in [0.717, 1.165) is 76.0 Å². The molecule has 0 fully saturated rings. The molecule has 0 aliphatic rings. The van der Waals surface area contributed by atoms with Gasteiger partial charge in [0, 0.05) is 19.3 Å². The Morgan fingerprint density at radius 1 is 0.412 bits per heavy atom. The van der Waals surface area contributed by atoms with Gasteiger partial charge < -0.3 is 14.2 Å². The second-order valence-electron chi connectivity index (χ2n) is 16.1. The van der Waals surface area contributed by atoms with Crippen LogP contribution in [0.4, 0.5) is 0 Å². The van der Waals surface area contributed by atoms with Crippen molar-refractivity contribution in [3.05, 3.63) is 0 Å². The van der Waals surface area contributed by atoms with E-state index in [2.05, 4.69) is 34.6 Å².